The van der Waals surface area contributed by atoms with E-state index in [1.54, 1.807) is 7.11 Å². The fourth-order valence-electron chi connectivity index (χ4n) is 2.77. The third-order valence-electron chi connectivity index (χ3n) is 4.21. The number of amides is 1. The summed E-state index contributed by atoms with van der Waals surface area (Å²) in [7, 11) is 1.66. The molecule has 1 unspecified atom stereocenters. The summed E-state index contributed by atoms with van der Waals surface area (Å²) in [6, 6.07) is 7.61. The first-order chi connectivity index (χ1) is 9.84. The molecular weight excluding hydrogens is 264 g/mol. The van der Waals surface area contributed by atoms with E-state index in [2.05, 4.69) is 6.07 Å². The van der Waals surface area contributed by atoms with Crippen LogP contribution >= 0.6 is 0 Å². The molecule has 116 valence electrons. The maximum Gasteiger partial charge on any atom is 0.240 e. The number of hydrogen-bond donors (Lipinski definition) is 1. The van der Waals surface area contributed by atoms with Crippen molar-refractivity contribution in [2.75, 3.05) is 13.7 Å². The molecule has 0 aliphatic carbocycles. The van der Waals surface area contributed by atoms with Gasteiger partial charge in [-0.2, -0.15) is 0 Å². The molecule has 0 spiro atoms. The molecule has 0 aromatic heterocycles. The van der Waals surface area contributed by atoms with Gasteiger partial charge in [-0.15, -0.1) is 0 Å². The molecular formula is C17H26N2O2. The number of likely N-dealkylation sites (tertiary alicyclic amines) is 1. The normalized spacial score (nSPS) is 20.4. The standard InChI is InChI=1S/C17H26N2O2/c1-17(2,3)15(18)16(20)19-10-6-9-14(19)12-7-5-8-13(11-12)21-4/h5,7-8,11,14-15H,6,9-10,18H2,1-4H3/t14?,15-/m0/s1. The van der Waals surface area contributed by atoms with E-state index in [-0.39, 0.29) is 17.4 Å². The summed E-state index contributed by atoms with van der Waals surface area (Å²) in [5.41, 5.74) is 7.06. The smallest absolute Gasteiger partial charge is 0.240 e. The zero-order valence-corrected chi connectivity index (χ0v) is 13.4. The SMILES string of the molecule is COc1cccc(C2CCCN2C(=O)[C@H](N)C(C)(C)C)c1. The van der Waals surface area contributed by atoms with Gasteiger partial charge < -0.3 is 15.4 Å². The van der Waals surface area contributed by atoms with Crippen LogP contribution in [0.25, 0.3) is 0 Å². The highest BCUT2D eigenvalue weighted by Crippen LogP contribution is 2.35. The van der Waals surface area contributed by atoms with Crippen LogP contribution in [0.5, 0.6) is 5.75 Å². The summed E-state index contributed by atoms with van der Waals surface area (Å²) in [4.78, 5) is 14.6. The Bertz CT molecular complexity index is 508. The molecule has 0 saturated carbocycles. The molecule has 4 nitrogen and oxygen atoms in total. The highest BCUT2D eigenvalue weighted by atomic mass is 16.5. The molecule has 0 radical (unpaired) electrons. The summed E-state index contributed by atoms with van der Waals surface area (Å²) < 4.78 is 5.28. The second-order valence-corrected chi connectivity index (χ2v) is 6.81. The quantitative estimate of drug-likeness (QED) is 0.931. The van der Waals surface area contributed by atoms with Crippen molar-refractivity contribution in [2.45, 2.75) is 45.7 Å². The Morgan fingerprint density at radius 1 is 1.43 bits per heavy atom. The Hall–Kier alpha value is -1.55. The van der Waals surface area contributed by atoms with Crippen molar-refractivity contribution < 1.29 is 9.53 Å². The van der Waals surface area contributed by atoms with Crippen LogP contribution in [0.4, 0.5) is 0 Å². The van der Waals surface area contributed by atoms with Gasteiger partial charge in [0.15, 0.2) is 0 Å². The van der Waals surface area contributed by atoms with Gasteiger partial charge in [-0.25, -0.2) is 0 Å². The van der Waals surface area contributed by atoms with E-state index in [1.807, 2.05) is 43.9 Å². The summed E-state index contributed by atoms with van der Waals surface area (Å²) in [6.45, 7) is 6.80. The first-order valence-corrected chi connectivity index (χ1v) is 7.54. The highest BCUT2D eigenvalue weighted by molar-refractivity contribution is 5.83. The Kier molecular flexibility index (Phi) is 4.57. The average molecular weight is 290 g/mol. The Morgan fingerprint density at radius 2 is 2.14 bits per heavy atom. The van der Waals surface area contributed by atoms with Crippen LogP contribution in [0.1, 0.15) is 45.2 Å². The molecule has 2 atom stereocenters. The van der Waals surface area contributed by atoms with Gasteiger partial charge >= 0.3 is 0 Å². The molecule has 0 bridgehead atoms. The van der Waals surface area contributed by atoms with Crippen LogP contribution in [-0.4, -0.2) is 30.5 Å². The Morgan fingerprint density at radius 3 is 2.76 bits per heavy atom. The Balaban J connectivity index is 2.22. The number of carbonyl (C=O) groups is 1. The van der Waals surface area contributed by atoms with Crippen LogP contribution in [0, 0.1) is 5.41 Å². The first kappa shape index (κ1) is 15.8. The van der Waals surface area contributed by atoms with Crippen molar-refractivity contribution in [2.24, 2.45) is 11.1 Å². The van der Waals surface area contributed by atoms with Crippen molar-refractivity contribution in [3.8, 4) is 5.75 Å². The van der Waals surface area contributed by atoms with Gasteiger partial charge in [0.1, 0.15) is 5.75 Å². The van der Waals surface area contributed by atoms with E-state index in [0.717, 1.165) is 30.7 Å². The number of nitrogens with zero attached hydrogens (tertiary/aromatic N) is 1. The molecule has 21 heavy (non-hydrogen) atoms. The molecule has 4 heteroatoms. The zero-order valence-electron chi connectivity index (χ0n) is 13.4. The Labute approximate surface area is 127 Å². The van der Waals surface area contributed by atoms with Crippen molar-refractivity contribution in [1.29, 1.82) is 0 Å². The second kappa shape index (κ2) is 6.06. The minimum Gasteiger partial charge on any atom is -0.497 e. The maximum absolute atomic E-state index is 12.7. The van der Waals surface area contributed by atoms with Crippen LogP contribution in [0.15, 0.2) is 24.3 Å². The minimum absolute atomic E-state index is 0.0489. The van der Waals surface area contributed by atoms with E-state index in [0.29, 0.717) is 0 Å². The van der Waals surface area contributed by atoms with Gasteiger partial charge in [0.25, 0.3) is 0 Å². The number of hydrogen-bond acceptors (Lipinski definition) is 3. The predicted molar refractivity (Wildman–Crippen MR) is 84.1 cm³/mol. The van der Waals surface area contributed by atoms with Gasteiger partial charge in [-0.1, -0.05) is 32.9 Å². The lowest BCUT2D eigenvalue weighted by molar-refractivity contribution is -0.135. The first-order valence-electron chi connectivity index (χ1n) is 7.54. The van der Waals surface area contributed by atoms with E-state index in [9.17, 15) is 4.79 Å². The summed E-state index contributed by atoms with van der Waals surface area (Å²) in [6.07, 6.45) is 2.00. The number of ether oxygens (including phenoxy) is 1. The van der Waals surface area contributed by atoms with Crippen molar-refractivity contribution in [1.82, 2.24) is 4.90 Å². The number of methoxy groups -OCH3 is 1. The molecule has 1 fully saturated rings. The molecule has 1 amide bonds. The van der Waals surface area contributed by atoms with Crippen molar-refractivity contribution in [3.05, 3.63) is 29.8 Å². The predicted octanol–water partition coefficient (Wildman–Crippen LogP) is 2.73. The molecule has 2 N–H and O–H groups in total. The largest absolute Gasteiger partial charge is 0.497 e. The lowest BCUT2D eigenvalue weighted by Gasteiger charge is -2.33. The monoisotopic (exact) mass is 290 g/mol. The average Bonchev–Trinajstić information content (AvgIpc) is 2.94. The van der Waals surface area contributed by atoms with Crippen molar-refractivity contribution in [3.63, 3.8) is 0 Å². The van der Waals surface area contributed by atoms with Gasteiger partial charge in [0.2, 0.25) is 5.91 Å². The lowest BCUT2D eigenvalue weighted by Crippen LogP contribution is -2.50. The van der Waals surface area contributed by atoms with Crippen LogP contribution < -0.4 is 10.5 Å². The third-order valence-corrected chi connectivity index (χ3v) is 4.21. The third kappa shape index (κ3) is 3.38. The summed E-state index contributed by atoms with van der Waals surface area (Å²) in [5, 5.41) is 0. The summed E-state index contributed by atoms with van der Waals surface area (Å²) >= 11 is 0. The molecule has 2 rings (SSSR count). The number of carbonyl (C=O) groups excluding carboxylic acids is 1. The molecule has 1 aromatic carbocycles. The van der Waals surface area contributed by atoms with Crippen LogP contribution in [0.3, 0.4) is 0 Å². The topological polar surface area (TPSA) is 55.6 Å². The molecule has 1 aliphatic rings. The molecule has 1 heterocycles. The van der Waals surface area contributed by atoms with Crippen molar-refractivity contribution >= 4 is 5.91 Å². The van der Waals surface area contributed by atoms with Crippen LogP contribution in [-0.2, 0) is 4.79 Å². The van der Waals surface area contributed by atoms with Gasteiger partial charge in [-0.05, 0) is 36.0 Å². The molecule has 1 saturated heterocycles. The minimum atomic E-state index is -0.469. The molecule has 1 aromatic rings. The fraction of sp³-hybridized carbons (Fsp3) is 0.588. The lowest BCUT2D eigenvalue weighted by atomic mass is 9.86. The fourth-order valence-corrected chi connectivity index (χ4v) is 2.77. The van der Waals surface area contributed by atoms with E-state index in [4.69, 9.17) is 10.5 Å². The number of rotatable bonds is 3. The van der Waals surface area contributed by atoms with Gasteiger partial charge in [0, 0.05) is 6.54 Å². The highest BCUT2D eigenvalue weighted by Gasteiger charge is 2.37. The second-order valence-electron chi connectivity index (χ2n) is 6.81. The van der Waals surface area contributed by atoms with Gasteiger partial charge in [0.05, 0.1) is 19.2 Å². The van der Waals surface area contributed by atoms with E-state index >= 15 is 0 Å². The van der Waals surface area contributed by atoms with Crippen LogP contribution in [0.2, 0.25) is 0 Å². The van der Waals surface area contributed by atoms with E-state index in [1.165, 1.54) is 0 Å². The van der Waals surface area contributed by atoms with E-state index < -0.39 is 6.04 Å². The summed E-state index contributed by atoms with van der Waals surface area (Å²) in [5.74, 6) is 0.875. The van der Waals surface area contributed by atoms with Gasteiger partial charge in [-0.3, -0.25) is 4.79 Å². The number of benzene rings is 1. The number of nitrogens with two attached hydrogens (primary N) is 1. The molecule has 1 aliphatic heterocycles. The zero-order chi connectivity index (χ0) is 15.6. The maximum atomic E-state index is 12.7.